The fourth-order valence-corrected chi connectivity index (χ4v) is 3.81. The quantitative estimate of drug-likeness (QED) is 0.646. The summed E-state index contributed by atoms with van der Waals surface area (Å²) in [6.45, 7) is 8.80. The Bertz CT molecular complexity index is 1020. The van der Waals surface area contributed by atoms with Gasteiger partial charge in [0.15, 0.2) is 5.58 Å². The summed E-state index contributed by atoms with van der Waals surface area (Å²) in [7, 11) is 0. The lowest BCUT2D eigenvalue weighted by Crippen LogP contribution is -2.48. The van der Waals surface area contributed by atoms with Crippen molar-refractivity contribution in [1.82, 2.24) is 15.2 Å². The molecule has 5 heteroatoms. The second-order valence-electron chi connectivity index (χ2n) is 8.58. The highest BCUT2D eigenvalue weighted by molar-refractivity contribution is 5.81. The number of fused-ring (bicyclic) bond motifs is 1. The van der Waals surface area contributed by atoms with Crippen LogP contribution in [-0.4, -0.2) is 28.0 Å². The fourth-order valence-electron chi connectivity index (χ4n) is 3.81. The number of urea groups is 1. The number of likely N-dealkylation sites (tertiary alicyclic amines) is 1. The highest BCUT2D eigenvalue weighted by atomic mass is 16.4. The number of hydrogen-bond donors (Lipinski definition) is 1. The highest BCUT2D eigenvalue weighted by Crippen LogP contribution is 2.34. The van der Waals surface area contributed by atoms with Crippen LogP contribution in [0.5, 0.6) is 0 Å². The van der Waals surface area contributed by atoms with Crippen molar-refractivity contribution in [2.45, 2.75) is 52.1 Å². The van der Waals surface area contributed by atoms with Gasteiger partial charge in [0.2, 0.25) is 5.89 Å². The predicted octanol–water partition coefficient (Wildman–Crippen LogP) is 5.45. The smallest absolute Gasteiger partial charge is 0.318 e. The molecule has 0 bridgehead atoms. The van der Waals surface area contributed by atoms with E-state index in [1.165, 1.54) is 11.1 Å². The summed E-state index contributed by atoms with van der Waals surface area (Å²) in [4.78, 5) is 19.3. The number of carbonyl (C=O) groups excluding carboxylic acids is 1. The molecule has 1 unspecified atom stereocenters. The SMILES string of the molecule is Cc1ccccc1-c1ccc2oc(C3CCCN3C(=O)NC(C)(C)C)nc2c1. The van der Waals surface area contributed by atoms with Crippen molar-refractivity contribution in [3.05, 3.63) is 53.9 Å². The minimum absolute atomic E-state index is 0.0575. The van der Waals surface area contributed by atoms with Gasteiger partial charge in [0.1, 0.15) is 11.6 Å². The van der Waals surface area contributed by atoms with Crippen LogP contribution in [0.1, 0.15) is 51.1 Å². The molecule has 0 spiro atoms. The van der Waals surface area contributed by atoms with Gasteiger partial charge in [0.25, 0.3) is 0 Å². The van der Waals surface area contributed by atoms with Gasteiger partial charge < -0.3 is 14.6 Å². The van der Waals surface area contributed by atoms with Crippen molar-refractivity contribution in [2.75, 3.05) is 6.54 Å². The zero-order chi connectivity index (χ0) is 19.9. The zero-order valence-electron chi connectivity index (χ0n) is 17.0. The Morgan fingerprint density at radius 1 is 1.21 bits per heavy atom. The lowest BCUT2D eigenvalue weighted by atomic mass is 10.0. The van der Waals surface area contributed by atoms with E-state index in [0.717, 1.165) is 36.0 Å². The lowest BCUT2D eigenvalue weighted by Gasteiger charge is -2.28. The summed E-state index contributed by atoms with van der Waals surface area (Å²) in [5, 5.41) is 3.05. The summed E-state index contributed by atoms with van der Waals surface area (Å²) in [6, 6.07) is 14.3. The molecule has 146 valence electrons. The number of amides is 2. The molecule has 1 aliphatic rings. The number of oxazole rings is 1. The number of carbonyl (C=O) groups is 1. The Morgan fingerprint density at radius 2 is 2.00 bits per heavy atom. The van der Waals surface area contributed by atoms with Gasteiger partial charge in [-0.3, -0.25) is 0 Å². The van der Waals surface area contributed by atoms with E-state index in [9.17, 15) is 4.79 Å². The van der Waals surface area contributed by atoms with Gasteiger partial charge in [0, 0.05) is 12.1 Å². The number of nitrogens with zero attached hydrogens (tertiary/aromatic N) is 2. The lowest BCUT2D eigenvalue weighted by molar-refractivity contribution is 0.176. The Balaban J connectivity index is 1.64. The topological polar surface area (TPSA) is 58.4 Å². The predicted molar refractivity (Wildman–Crippen MR) is 111 cm³/mol. The van der Waals surface area contributed by atoms with E-state index in [1.54, 1.807) is 0 Å². The number of aryl methyl sites for hydroxylation is 1. The first kappa shape index (κ1) is 18.5. The molecule has 28 heavy (non-hydrogen) atoms. The van der Waals surface area contributed by atoms with Gasteiger partial charge >= 0.3 is 6.03 Å². The van der Waals surface area contributed by atoms with E-state index >= 15 is 0 Å². The minimum Gasteiger partial charge on any atom is -0.438 e. The molecule has 1 fully saturated rings. The summed E-state index contributed by atoms with van der Waals surface area (Å²) in [5.41, 5.74) is 4.87. The van der Waals surface area contributed by atoms with Crippen LogP contribution >= 0.6 is 0 Å². The molecule has 4 rings (SSSR count). The Kier molecular flexibility index (Phi) is 4.61. The van der Waals surface area contributed by atoms with Crippen LogP contribution in [0.25, 0.3) is 22.2 Å². The molecule has 1 saturated heterocycles. The van der Waals surface area contributed by atoms with Crippen LogP contribution in [0.15, 0.2) is 46.9 Å². The Hall–Kier alpha value is -2.82. The van der Waals surface area contributed by atoms with Crippen molar-refractivity contribution in [1.29, 1.82) is 0 Å². The largest absolute Gasteiger partial charge is 0.438 e. The van der Waals surface area contributed by atoms with E-state index in [4.69, 9.17) is 9.40 Å². The first-order chi connectivity index (χ1) is 13.3. The summed E-state index contributed by atoms with van der Waals surface area (Å²) in [5.74, 6) is 0.624. The van der Waals surface area contributed by atoms with Crippen LogP contribution < -0.4 is 5.32 Å². The summed E-state index contributed by atoms with van der Waals surface area (Å²) < 4.78 is 6.05. The van der Waals surface area contributed by atoms with Crippen LogP contribution in [-0.2, 0) is 0 Å². The van der Waals surface area contributed by atoms with Crippen LogP contribution in [0, 0.1) is 6.92 Å². The molecule has 2 amide bonds. The normalized spacial score (nSPS) is 17.3. The molecule has 1 aromatic heterocycles. The van der Waals surface area contributed by atoms with Gasteiger partial charge in [0.05, 0.1) is 0 Å². The molecule has 1 N–H and O–H groups in total. The third-order valence-corrected chi connectivity index (χ3v) is 5.14. The average molecular weight is 377 g/mol. The second kappa shape index (κ2) is 6.97. The van der Waals surface area contributed by atoms with Crippen molar-refractivity contribution in [3.63, 3.8) is 0 Å². The third kappa shape index (κ3) is 3.61. The standard InChI is InChI=1S/C23H27N3O2/c1-15-8-5-6-9-17(15)16-11-12-20-18(14-16)24-21(28-20)19-10-7-13-26(19)22(27)25-23(2,3)4/h5-6,8-9,11-12,14,19H,7,10,13H2,1-4H3,(H,25,27). The van der Waals surface area contributed by atoms with E-state index in [1.807, 2.05) is 43.9 Å². The number of rotatable bonds is 2. The maximum absolute atomic E-state index is 12.7. The van der Waals surface area contributed by atoms with Crippen molar-refractivity contribution in [3.8, 4) is 11.1 Å². The highest BCUT2D eigenvalue weighted by Gasteiger charge is 2.34. The number of aromatic nitrogens is 1. The fraction of sp³-hybridized carbons (Fsp3) is 0.391. The zero-order valence-corrected chi connectivity index (χ0v) is 17.0. The van der Waals surface area contributed by atoms with Gasteiger partial charge in [-0.2, -0.15) is 0 Å². The van der Waals surface area contributed by atoms with Gasteiger partial charge in [-0.15, -0.1) is 0 Å². The van der Waals surface area contributed by atoms with Crippen LogP contribution in [0.2, 0.25) is 0 Å². The summed E-state index contributed by atoms with van der Waals surface area (Å²) >= 11 is 0. The Morgan fingerprint density at radius 3 is 2.75 bits per heavy atom. The van der Waals surface area contributed by atoms with Crippen molar-refractivity contribution >= 4 is 17.1 Å². The number of hydrogen-bond acceptors (Lipinski definition) is 3. The molecule has 2 heterocycles. The summed E-state index contributed by atoms with van der Waals surface area (Å²) in [6.07, 6.45) is 1.82. The van der Waals surface area contributed by atoms with E-state index in [-0.39, 0.29) is 17.6 Å². The van der Waals surface area contributed by atoms with Crippen molar-refractivity contribution in [2.24, 2.45) is 0 Å². The molecule has 0 saturated carbocycles. The molecular weight excluding hydrogens is 350 g/mol. The molecule has 2 aromatic carbocycles. The monoisotopic (exact) mass is 377 g/mol. The first-order valence-corrected chi connectivity index (χ1v) is 9.87. The first-order valence-electron chi connectivity index (χ1n) is 9.87. The molecule has 1 atom stereocenters. The number of nitrogens with one attached hydrogen (secondary N) is 1. The average Bonchev–Trinajstić information content (AvgIpc) is 3.26. The van der Waals surface area contributed by atoms with Crippen LogP contribution in [0.3, 0.4) is 0 Å². The maximum Gasteiger partial charge on any atom is 0.318 e. The molecule has 3 aromatic rings. The van der Waals surface area contributed by atoms with Gasteiger partial charge in [-0.05, 0) is 69.4 Å². The van der Waals surface area contributed by atoms with Crippen molar-refractivity contribution < 1.29 is 9.21 Å². The van der Waals surface area contributed by atoms with Gasteiger partial charge in [-0.1, -0.05) is 30.3 Å². The second-order valence-corrected chi connectivity index (χ2v) is 8.58. The van der Waals surface area contributed by atoms with E-state index in [0.29, 0.717) is 5.89 Å². The van der Waals surface area contributed by atoms with Crippen LogP contribution in [0.4, 0.5) is 4.79 Å². The van der Waals surface area contributed by atoms with E-state index in [2.05, 4.69) is 36.5 Å². The van der Waals surface area contributed by atoms with Gasteiger partial charge in [-0.25, -0.2) is 9.78 Å². The third-order valence-electron chi connectivity index (χ3n) is 5.14. The van der Waals surface area contributed by atoms with E-state index < -0.39 is 0 Å². The molecular formula is C23H27N3O2. The Labute approximate surface area is 165 Å². The molecule has 0 radical (unpaired) electrons. The maximum atomic E-state index is 12.7. The molecule has 0 aliphatic carbocycles. The number of benzene rings is 2. The minimum atomic E-state index is -0.270. The molecule has 5 nitrogen and oxygen atoms in total. The molecule has 1 aliphatic heterocycles.